The molecule has 0 saturated heterocycles. The van der Waals surface area contributed by atoms with Crippen molar-refractivity contribution in [2.24, 2.45) is 0 Å². The second kappa shape index (κ2) is 8.51. The van der Waals surface area contributed by atoms with Crippen molar-refractivity contribution >= 4 is 18.7 Å². The molecule has 0 aliphatic carbocycles. The van der Waals surface area contributed by atoms with E-state index >= 15 is 0 Å². The largest absolute Gasteiger partial charge is 0.404 e. The highest BCUT2D eigenvalue weighted by atomic mass is 28.4. The lowest BCUT2D eigenvalue weighted by Gasteiger charge is -2.45. The lowest BCUT2D eigenvalue weighted by Crippen LogP contribution is -2.67. The normalized spacial score (nSPS) is 13.2. The molecule has 1 atom stereocenters. The zero-order valence-corrected chi connectivity index (χ0v) is 17.0. The van der Waals surface area contributed by atoms with Gasteiger partial charge in [-0.25, -0.2) is 0 Å². The summed E-state index contributed by atoms with van der Waals surface area (Å²) in [6.45, 7) is 9.10. The van der Waals surface area contributed by atoms with Gasteiger partial charge in [0.25, 0.3) is 8.32 Å². The first-order valence-electron chi connectivity index (χ1n) is 9.18. The van der Waals surface area contributed by atoms with Crippen LogP contribution in [0.1, 0.15) is 47.0 Å². The third-order valence-corrected chi connectivity index (χ3v) is 9.81. The fourth-order valence-electron chi connectivity index (χ4n) is 3.60. The first-order valence-corrected chi connectivity index (χ1v) is 11.1. The Morgan fingerprint density at radius 2 is 1.44 bits per heavy atom. The molecule has 0 amide bonds. The molecule has 0 bridgehead atoms. The second-order valence-electron chi connectivity index (χ2n) is 7.60. The van der Waals surface area contributed by atoms with Gasteiger partial charge in [-0.3, -0.25) is 0 Å². The second-order valence-corrected chi connectivity index (χ2v) is 11.9. The van der Waals surface area contributed by atoms with E-state index in [9.17, 15) is 0 Å². The Hall–Kier alpha value is -1.82. The summed E-state index contributed by atoms with van der Waals surface area (Å²) in [6, 6.07) is 21.5. The van der Waals surface area contributed by atoms with E-state index < -0.39 is 8.32 Å². The molecule has 0 N–H and O–H groups in total. The molecule has 0 aromatic heterocycles. The molecule has 0 saturated carbocycles. The van der Waals surface area contributed by atoms with Crippen LogP contribution in [0.4, 0.5) is 0 Å². The van der Waals surface area contributed by atoms with Crippen LogP contribution in [0.5, 0.6) is 0 Å². The van der Waals surface area contributed by atoms with Crippen molar-refractivity contribution in [3.8, 4) is 12.3 Å². The predicted molar refractivity (Wildman–Crippen MR) is 111 cm³/mol. The van der Waals surface area contributed by atoms with Crippen LogP contribution in [0.15, 0.2) is 60.7 Å². The van der Waals surface area contributed by atoms with Crippen LogP contribution in [-0.2, 0) is 4.43 Å². The summed E-state index contributed by atoms with van der Waals surface area (Å²) in [4.78, 5) is 0. The van der Waals surface area contributed by atoms with E-state index in [1.807, 2.05) is 0 Å². The molecule has 0 spiro atoms. The minimum Gasteiger partial charge on any atom is -0.404 e. The summed E-state index contributed by atoms with van der Waals surface area (Å²) < 4.78 is 7.05. The Balaban J connectivity index is 2.66. The summed E-state index contributed by atoms with van der Waals surface area (Å²) in [6.07, 6.45) is 8.48. The van der Waals surface area contributed by atoms with E-state index in [-0.39, 0.29) is 11.1 Å². The first kappa shape index (κ1) is 19.5. The molecule has 0 fully saturated rings. The van der Waals surface area contributed by atoms with Gasteiger partial charge >= 0.3 is 0 Å². The maximum absolute atomic E-state index is 7.05. The van der Waals surface area contributed by atoms with Crippen LogP contribution in [0.25, 0.3) is 0 Å². The van der Waals surface area contributed by atoms with Crippen LogP contribution < -0.4 is 10.4 Å². The number of rotatable bonds is 7. The molecular formula is C23H30OSi. The predicted octanol–water partition coefficient (Wildman–Crippen LogP) is 4.76. The summed E-state index contributed by atoms with van der Waals surface area (Å²) in [5.41, 5.74) is 0. The molecule has 0 aliphatic heterocycles. The fraction of sp³-hybridized carbons (Fsp3) is 0.391. The van der Waals surface area contributed by atoms with Crippen molar-refractivity contribution in [1.82, 2.24) is 0 Å². The van der Waals surface area contributed by atoms with Crippen LogP contribution in [-0.4, -0.2) is 14.4 Å². The number of hydrogen-bond donors (Lipinski definition) is 0. The highest BCUT2D eigenvalue weighted by molar-refractivity contribution is 6.99. The summed E-state index contributed by atoms with van der Waals surface area (Å²) in [7, 11) is -2.48. The summed E-state index contributed by atoms with van der Waals surface area (Å²) in [5, 5.41) is 2.62. The molecule has 25 heavy (non-hydrogen) atoms. The van der Waals surface area contributed by atoms with E-state index in [0.717, 1.165) is 12.8 Å². The lowest BCUT2D eigenvalue weighted by atomic mass is 10.1. The molecule has 0 radical (unpaired) electrons. The summed E-state index contributed by atoms with van der Waals surface area (Å²) in [5.74, 6) is 2.83. The molecule has 2 heteroatoms. The van der Waals surface area contributed by atoms with Crippen LogP contribution in [0, 0.1) is 12.3 Å². The quantitative estimate of drug-likeness (QED) is 0.517. The Bertz CT molecular complexity index is 640. The third kappa shape index (κ3) is 4.23. The standard InChI is InChI=1S/C23H30OSi/c1-6-14-20(15-7-2)24-25(23(3,4)5,21-16-10-8-11-17-21)22-18-12-9-13-19-22/h1,8-13,16-20H,7,14-15H2,2-5H3/t20-/m1/s1. The average molecular weight is 351 g/mol. The molecule has 132 valence electrons. The Morgan fingerprint density at radius 3 is 1.80 bits per heavy atom. The van der Waals surface area contributed by atoms with Crippen molar-refractivity contribution in [3.63, 3.8) is 0 Å². The van der Waals surface area contributed by atoms with Crippen molar-refractivity contribution in [3.05, 3.63) is 60.7 Å². The van der Waals surface area contributed by atoms with Gasteiger partial charge in [0.05, 0.1) is 6.10 Å². The number of hydrogen-bond acceptors (Lipinski definition) is 1. The van der Waals surface area contributed by atoms with Crippen molar-refractivity contribution in [2.75, 3.05) is 0 Å². The Labute approximate surface area is 154 Å². The molecule has 2 aromatic carbocycles. The van der Waals surface area contributed by atoms with E-state index in [4.69, 9.17) is 10.8 Å². The molecule has 0 unspecified atom stereocenters. The van der Waals surface area contributed by atoms with Gasteiger partial charge in [-0.2, -0.15) is 0 Å². The van der Waals surface area contributed by atoms with E-state index in [0.29, 0.717) is 6.42 Å². The Morgan fingerprint density at radius 1 is 0.960 bits per heavy atom. The van der Waals surface area contributed by atoms with Gasteiger partial charge in [0.2, 0.25) is 0 Å². The molecule has 0 aliphatic rings. The van der Waals surface area contributed by atoms with Gasteiger partial charge in [-0.15, -0.1) is 12.3 Å². The van der Waals surface area contributed by atoms with Gasteiger partial charge in [0, 0.05) is 6.42 Å². The average Bonchev–Trinajstić information content (AvgIpc) is 2.60. The third-order valence-electron chi connectivity index (χ3n) is 4.72. The van der Waals surface area contributed by atoms with Gasteiger partial charge in [-0.05, 0) is 21.8 Å². The van der Waals surface area contributed by atoms with Crippen molar-refractivity contribution < 1.29 is 4.43 Å². The monoisotopic (exact) mass is 350 g/mol. The van der Waals surface area contributed by atoms with Crippen molar-refractivity contribution in [2.45, 2.75) is 58.1 Å². The van der Waals surface area contributed by atoms with E-state index in [1.54, 1.807) is 0 Å². The molecule has 0 heterocycles. The maximum Gasteiger partial charge on any atom is 0.261 e. The smallest absolute Gasteiger partial charge is 0.261 e. The molecule has 1 nitrogen and oxygen atoms in total. The molecule has 2 rings (SSSR count). The Kier molecular flexibility index (Phi) is 6.64. The highest BCUT2D eigenvalue weighted by Crippen LogP contribution is 2.38. The SMILES string of the molecule is C#CC[C@H](CCC)O[Si](c1ccccc1)(c1ccccc1)C(C)(C)C. The van der Waals surface area contributed by atoms with E-state index in [1.165, 1.54) is 10.4 Å². The van der Waals surface area contributed by atoms with Crippen LogP contribution >= 0.6 is 0 Å². The van der Waals surface area contributed by atoms with Crippen LogP contribution in [0.3, 0.4) is 0 Å². The van der Waals surface area contributed by atoms with Gasteiger partial charge in [0.1, 0.15) is 0 Å². The fourth-order valence-corrected chi connectivity index (χ4v) is 8.31. The first-order chi connectivity index (χ1) is 12.0. The summed E-state index contributed by atoms with van der Waals surface area (Å²) >= 11 is 0. The molecular weight excluding hydrogens is 320 g/mol. The minimum absolute atomic E-state index is 0.00367. The van der Waals surface area contributed by atoms with E-state index in [2.05, 4.69) is 94.3 Å². The highest BCUT2D eigenvalue weighted by Gasteiger charge is 2.51. The van der Waals surface area contributed by atoms with Gasteiger partial charge < -0.3 is 4.43 Å². The zero-order valence-electron chi connectivity index (χ0n) is 16.0. The number of benzene rings is 2. The van der Waals surface area contributed by atoms with Gasteiger partial charge in [0.15, 0.2) is 0 Å². The van der Waals surface area contributed by atoms with Gasteiger partial charge in [-0.1, -0.05) is 94.8 Å². The number of terminal acetylenes is 1. The molecule has 2 aromatic rings. The minimum atomic E-state index is -2.48. The zero-order chi connectivity index (χ0) is 18.3. The van der Waals surface area contributed by atoms with Crippen molar-refractivity contribution in [1.29, 1.82) is 0 Å². The van der Waals surface area contributed by atoms with Crippen LogP contribution in [0.2, 0.25) is 5.04 Å². The topological polar surface area (TPSA) is 9.23 Å². The maximum atomic E-state index is 7.05. The lowest BCUT2D eigenvalue weighted by molar-refractivity contribution is 0.181.